The van der Waals surface area contributed by atoms with Gasteiger partial charge in [-0.25, -0.2) is 4.79 Å². The van der Waals surface area contributed by atoms with E-state index in [-0.39, 0.29) is 18.5 Å². The van der Waals surface area contributed by atoms with E-state index in [0.29, 0.717) is 38.2 Å². The molecule has 0 bridgehead atoms. The van der Waals surface area contributed by atoms with Gasteiger partial charge in [0.2, 0.25) is 5.91 Å². The molecule has 1 aromatic heterocycles. The topological polar surface area (TPSA) is 85.8 Å². The van der Waals surface area contributed by atoms with E-state index in [1.54, 1.807) is 34.3 Å². The van der Waals surface area contributed by atoms with Gasteiger partial charge in [-0.15, -0.1) is 0 Å². The zero-order valence-electron chi connectivity index (χ0n) is 14.5. The number of nitrogens with zero attached hydrogens (tertiary/aromatic N) is 3. The maximum atomic E-state index is 12.7. The lowest BCUT2D eigenvalue weighted by molar-refractivity contribution is -0.122. The maximum Gasteiger partial charge on any atom is 0.322 e. The van der Waals surface area contributed by atoms with E-state index in [2.05, 4.69) is 10.3 Å². The molecule has 1 aromatic carbocycles. The molecule has 0 unspecified atom stereocenters. The fourth-order valence-corrected chi connectivity index (χ4v) is 2.76. The molecule has 0 aliphatic carbocycles. The highest BCUT2D eigenvalue weighted by Crippen LogP contribution is 2.25. The van der Waals surface area contributed by atoms with Gasteiger partial charge in [0, 0.05) is 56.4 Å². The number of aliphatic hydroxyl groups excluding tert-OH is 1. The van der Waals surface area contributed by atoms with Crippen molar-refractivity contribution >= 4 is 23.3 Å². The van der Waals surface area contributed by atoms with Crippen LogP contribution in [0, 0.1) is 0 Å². The lowest BCUT2D eigenvalue weighted by atomic mass is 10.1. The molecular weight excluding hydrogens is 332 g/mol. The van der Waals surface area contributed by atoms with Crippen LogP contribution in [0.15, 0.2) is 48.8 Å². The first-order valence-electron chi connectivity index (χ1n) is 8.63. The van der Waals surface area contributed by atoms with Crippen molar-refractivity contribution in [2.24, 2.45) is 0 Å². The molecule has 2 aromatic rings. The predicted molar refractivity (Wildman–Crippen MR) is 98.8 cm³/mol. The van der Waals surface area contributed by atoms with Gasteiger partial charge in [-0.2, -0.15) is 0 Å². The van der Waals surface area contributed by atoms with E-state index in [9.17, 15) is 9.59 Å². The van der Waals surface area contributed by atoms with Crippen molar-refractivity contribution in [3.63, 3.8) is 0 Å². The maximum absolute atomic E-state index is 12.7. The third-order valence-electron chi connectivity index (χ3n) is 4.26. The molecule has 1 saturated heterocycles. The number of urea groups is 1. The third-order valence-corrected chi connectivity index (χ3v) is 4.26. The predicted octanol–water partition coefficient (Wildman–Crippen LogP) is 2.23. The summed E-state index contributed by atoms with van der Waals surface area (Å²) >= 11 is 0. The summed E-state index contributed by atoms with van der Waals surface area (Å²) in [6, 6.07) is 10.7. The van der Waals surface area contributed by atoms with Gasteiger partial charge in [-0.3, -0.25) is 9.78 Å². The molecule has 0 radical (unpaired) electrons. The number of aliphatic hydroxyl groups is 1. The molecule has 7 nitrogen and oxygen atoms in total. The quantitative estimate of drug-likeness (QED) is 0.747. The van der Waals surface area contributed by atoms with Crippen LogP contribution in [0.5, 0.6) is 0 Å². The molecule has 3 rings (SSSR count). The van der Waals surface area contributed by atoms with Crippen molar-refractivity contribution in [2.45, 2.75) is 19.4 Å². The fourth-order valence-electron chi connectivity index (χ4n) is 2.76. The second kappa shape index (κ2) is 8.44. The summed E-state index contributed by atoms with van der Waals surface area (Å²) in [5.74, 6) is 0.0933. The van der Waals surface area contributed by atoms with E-state index in [4.69, 9.17) is 5.11 Å². The molecule has 1 fully saturated rings. The van der Waals surface area contributed by atoms with Crippen LogP contribution in [0.1, 0.15) is 18.4 Å². The van der Waals surface area contributed by atoms with E-state index in [1.807, 2.05) is 24.3 Å². The Morgan fingerprint density at radius 2 is 2.08 bits per heavy atom. The van der Waals surface area contributed by atoms with Crippen molar-refractivity contribution < 1.29 is 14.7 Å². The standard InChI is InChI=1S/C19H22N4O3/c24-12-2-10-22(14-15-5-8-20-9-6-15)19(26)21-16-3-1-4-17(13-16)23-11-7-18(23)25/h1,3-6,8-9,13,24H,2,7,10-12,14H2,(H,21,26). The zero-order chi connectivity index (χ0) is 18.4. The van der Waals surface area contributed by atoms with Crippen molar-refractivity contribution in [1.82, 2.24) is 9.88 Å². The first kappa shape index (κ1) is 17.9. The van der Waals surface area contributed by atoms with E-state index in [1.165, 1.54) is 0 Å². The summed E-state index contributed by atoms with van der Waals surface area (Å²) in [6.45, 7) is 1.60. The molecule has 0 saturated carbocycles. The number of hydrogen-bond acceptors (Lipinski definition) is 4. The Labute approximate surface area is 152 Å². The molecule has 7 heteroatoms. The lowest BCUT2D eigenvalue weighted by Gasteiger charge is -2.31. The first-order valence-corrected chi connectivity index (χ1v) is 8.63. The number of benzene rings is 1. The summed E-state index contributed by atoms with van der Waals surface area (Å²) < 4.78 is 0. The summed E-state index contributed by atoms with van der Waals surface area (Å²) in [6.07, 6.45) is 4.44. The van der Waals surface area contributed by atoms with Gasteiger partial charge in [0.25, 0.3) is 0 Å². The van der Waals surface area contributed by atoms with Crippen molar-refractivity contribution in [3.05, 3.63) is 54.4 Å². The number of carbonyl (C=O) groups is 2. The molecule has 3 amide bonds. The van der Waals surface area contributed by atoms with Crippen LogP contribution in [-0.4, -0.2) is 46.6 Å². The van der Waals surface area contributed by atoms with Crippen LogP contribution in [0.2, 0.25) is 0 Å². The second-order valence-electron chi connectivity index (χ2n) is 6.13. The summed E-state index contributed by atoms with van der Waals surface area (Å²) in [5, 5.41) is 12.0. The number of rotatable bonds is 7. The van der Waals surface area contributed by atoms with Crippen LogP contribution in [-0.2, 0) is 11.3 Å². The molecule has 2 N–H and O–H groups in total. The Hall–Kier alpha value is -2.93. The van der Waals surface area contributed by atoms with Crippen molar-refractivity contribution in [2.75, 3.05) is 29.9 Å². The van der Waals surface area contributed by atoms with Gasteiger partial charge < -0.3 is 20.2 Å². The Morgan fingerprint density at radius 3 is 2.73 bits per heavy atom. The molecule has 2 heterocycles. The zero-order valence-corrected chi connectivity index (χ0v) is 14.5. The van der Waals surface area contributed by atoms with Gasteiger partial charge >= 0.3 is 6.03 Å². The molecule has 0 spiro atoms. The van der Waals surface area contributed by atoms with E-state index in [0.717, 1.165) is 11.3 Å². The van der Waals surface area contributed by atoms with Gasteiger partial charge in [0.1, 0.15) is 0 Å². The van der Waals surface area contributed by atoms with E-state index < -0.39 is 0 Å². The van der Waals surface area contributed by atoms with Crippen molar-refractivity contribution in [3.8, 4) is 0 Å². The molecule has 0 atom stereocenters. The van der Waals surface area contributed by atoms with Gasteiger partial charge in [-0.1, -0.05) is 6.07 Å². The molecule has 1 aliphatic rings. The Morgan fingerprint density at radius 1 is 1.27 bits per heavy atom. The van der Waals surface area contributed by atoms with Crippen LogP contribution in [0.4, 0.5) is 16.2 Å². The van der Waals surface area contributed by atoms with Crippen molar-refractivity contribution in [1.29, 1.82) is 0 Å². The summed E-state index contributed by atoms with van der Waals surface area (Å²) in [4.78, 5) is 31.6. The molecule has 26 heavy (non-hydrogen) atoms. The number of β-lactam (4-membered cyclic amide) rings is 1. The Balaban J connectivity index is 1.68. The van der Waals surface area contributed by atoms with Gasteiger partial charge in [0.15, 0.2) is 0 Å². The second-order valence-corrected chi connectivity index (χ2v) is 6.13. The number of amides is 3. The number of nitrogens with one attached hydrogen (secondary N) is 1. The minimum Gasteiger partial charge on any atom is -0.396 e. The Bertz CT molecular complexity index is 766. The fraction of sp³-hybridized carbons (Fsp3) is 0.316. The minimum absolute atomic E-state index is 0.0205. The summed E-state index contributed by atoms with van der Waals surface area (Å²) in [5.41, 5.74) is 2.39. The average Bonchev–Trinajstić information content (AvgIpc) is 2.65. The van der Waals surface area contributed by atoms with Crippen LogP contribution in [0.25, 0.3) is 0 Å². The minimum atomic E-state index is -0.248. The molecule has 136 valence electrons. The molecule has 1 aliphatic heterocycles. The number of anilines is 2. The van der Waals surface area contributed by atoms with E-state index >= 15 is 0 Å². The van der Waals surface area contributed by atoms with Crippen LogP contribution in [0.3, 0.4) is 0 Å². The smallest absolute Gasteiger partial charge is 0.322 e. The highest BCUT2D eigenvalue weighted by atomic mass is 16.3. The van der Waals surface area contributed by atoms with Crippen LogP contribution < -0.4 is 10.2 Å². The summed E-state index contributed by atoms with van der Waals surface area (Å²) in [7, 11) is 0. The highest BCUT2D eigenvalue weighted by Gasteiger charge is 2.25. The Kier molecular flexibility index (Phi) is 5.80. The van der Waals surface area contributed by atoms with Gasteiger partial charge in [0.05, 0.1) is 0 Å². The number of carbonyl (C=O) groups excluding carboxylic acids is 2. The largest absolute Gasteiger partial charge is 0.396 e. The first-order chi connectivity index (χ1) is 12.7. The van der Waals surface area contributed by atoms with Gasteiger partial charge in [-0.05, 0) is 42.3 Å². The number of hydrogen-bond donors (Lipinski definition) is 2. The number of aromatic nitrogens is 1. The number of pyridine rings is 1. The highest BCUT2D eigenvalue weighted by molar-refractivity contribution is 6.00. The SMILES string of the molecule is O=C(Nc1cccc(N2CCC2=O)c1)N(CCCO)Cc1ccncc1. The molecular formula is C19H22N4O3. The normalized spacial score (nSPS) is 13.3. The third kappa shape index (κ3) is 4.37. The lowest BCUT2D eigenvalue weighted by Crippen LogP contribution is -2.43. The average molecular weight is 354 g/mol. The monoisotopic (exact) mass is 354 g/mol. The van der Waals surface area contributed by atoms with Crippen LogP contribution >= 0.6 is 0 Å².